The molecule has 214 valence electrons. The molecular weight excluding hydrogens is 519 g/mol. The Labute approximate surface area is 248 Å². The maximum atomic E-state index is 13.9. The smallest absolute Gasteiger partial charge is 0.123 e. The number of rotatable bonds is 8. The van der Waals surface area contributed by atoms with Crippen LogP contribution in [-0.4, -0.2) is 27.5 Å². The number of allylic oxidation sites excluding steroid dienone is 1. The van der Waals surface area contributed by atoms with Crippen LogP contribution >= 0.6 is 0 Å². The number of halogens is 1. The number of hydrogen-bond donors (Lipinski definition) is 0. The van der Waals surface area contributed by atoms with E-state index in [4.69, 9.17) is 0 Å². The third kappa shape index (κ3) is 5.62. The lowest BCUT2D eigenvalue weighted by atomic mass is 9.91. The van der Waals surface area contributed by atoms with Gasteiger partial charge in [-0.05, 0) is 92.9 Å². The average molecular weight is 559 g/mol. The van der Waals surface area contributed by atoms with Crippen molar-refractivity contribution >= 4 is 16.6 Å². The number of para-hydroxylation sites is 1. The number of likely N-dealkylation sites (tertiary alicyclic amines) is 1. The van der Waals surface area contributed by atoms with E-state index < -0.39 is 0 Å². The van der Waals surface area contributed by atoms with E-state index >= 15 is 0 Å². The molecule has 0 amide bonds. The standard InChI is InChI=1S/C37H39FN4/c1-26-10-5-6-14-36(26)42(28(3)35-13-7-8-19-39-35)27(2)30-17-20-41(21-18-30)24-29-15-16-33-34(25-40(4)37(33)22-29)31-11-9-12-32(38)23-31/h5-16,19,22-23,25,28,30H,2,17-18,20-21,24H2,1,3-4H3. The largest absolute Gasteiger partial charge is 0.350 e. The van der Waals surface area contributed by atoms with Gasteiger partial charge in [0.2, 0.25) is 0 Å². The summed E-state index contributed by atoms with van der Waals surface area (Å²) in [6.45, 7) is 12.1. The molecule has 1 aliphatic heterocycles. The van der Waals surface area contributed by atoms with Crippen LogP contribution in [0.4, 0.5) is 10.1 Å². The number of fused-ring (bicyclic) bond motifs is 1. The van der Waals surface area contributed by atoms with Crippen molar-refractivity contribution in [3.63, 3.8) is 0 Å². The Bertz CT molecular complexity index is 1700. The van der Waals surface area contributed by atoms with E-state index in [1.807, 2.05) is 18.3 Å². The Morgan fingerprint density at radius 3 is 2.52 bits per heavy atom. The van der Waals surface area contributed by atoms with Gasteiger partial charge >= 0.3 is 0 Å². The zero-order valence-corrected chi connectivity index (χ0v) is 24.8. The third-order valence-electron chi connectivity index (χ3n) is 8.84. The van der Waals surface area contributed by atoms with E-state index in [2.05, 4.69) is 108 Å². The van der Waals surface area contributed by atoms with Crippen molar-refractivity contribution in [2.75, 3.05) is 18.0 Å². The molecule has 1 atom stereocenters. The Kier molecular flexibility index (Phi) is 7.94. The number of anilines is 1. The van der Waals surface area contributed by atoms with Crippen molar-refractivity contribution in [3.05, 3.63) is 132 Å². The molecule has 4 nitrogen and oxygen atoms in total. The second kappa shape index (κ2) is 11.9. The minimum Gasteiger partial charge on any atom is -0.350 e. The molecule has 1 aliphatic rings. The highest BCUT2D eigenvalue weighted by Crippen LogP contribution is 2.38. The van der Waals surface area contributed by atoms with Crippen molar-refractivity contribution in [2.45, 2.75) is 39.3 Å². The van der Waals surface area contributed by atoms with Crippen LogP contribution < -0.4 is 4.90 Å². The van der Waals surface area contributed by atoms with Gasteiger partial charge in [-0.15, -0.1) is 0 Å². The van der Waals surface area contributed by atoms with E-state index in [-0.39, 0.29) is 11.9 Å². The SMILES string of the molecule is C=C(C1CCN(Cc2ccc3c(-c4cccc(F)c4)cn(C)c3c2)CC1)N(c1ccccc1C)C(C)c1ccccn1. The summed E-state index contributed by atoms with van der Waals surface area (Å²) in [6, 6.07) is 28.4. The Hall–Kier alpha value is -4.22. The summed E-state index contributed by atoms with van der Waals surface area (Å²) in [6.07, 6.45) is 6.13. The van der Waals surface area contributed by atoms with Gasteiger partial charge in [0.05, 0.1) is 11.7 Å². The van der Waals surface area contributed by atoms with E-state index in [0.717, 1.165) is 54.7 Å². The van der Waals surface area contributed by atoms with Crippen molar-refractivity contribution in [1.82, 2.24) is 14.5 Å². The zero-order chi connectivity index (χ0) is 29.2. The summed E-state index contributed by atoms with van der Waals surface area (Å²) >= 11 is 0. The van der Waals surface area contributed by atoms with Gasteiger partial charge in [0.15, 0.2) is 0 Å². The highest BCUT2D eigenvalue weighted by Gasteiger charge is 2.29. The number of piperidine rings is 1. The number of aryl methyl sites for hydroxylation is 2. The molecule has 0 bridgehead atoms. The molecule has 1 saturated heterocycles. The fourth-order valence-electron chi connectivity index (χ4n) is 6.49. The number of aromatic nitrogens is 2. The fourth-order valence-corrected chi connectivity index (χ4v) is 6.49. The summed E-state index contributed by atoms with van der Waals surface area (Å²) < 4.78 is 16.1. The fraction of sp³-hybridized carbons (Fsp3) is 0.270. The van der Waals surface area contributed by atoms with Crippen LogP contribution in [0.2, 0.25) is 0 Å². The Morgan fingerprint density at radius 2 is 1.79 bits per heavy atom. The molecular formula is C37H39FN4. The van der Waals surface area contributed by atoms with Gasteiger partial charge in [-0.1, -0.05) is 55.1 Å². The lowest BCUT2D eigenvalue weighted by Gasteiger charge is -2.40. The molecule has 42 heavy (non-hydrogen) atoms. The molecule has 1 fully saturated rings. The van der Waals surface area contributed by atoms with Crippen molar-refractivity contribution < 1.29 is 4.39 Å². The number of nitrogens with zero attached hydrogens (tertiary/aromatic N) is 4. The van der Waals surface area contributed by atoms with Gasteiger partial charge in [-0.2, -0.15) is 0 Å². The molecule has 0 radical (unpaired) electrons. The lowest BCUT2D eigenvalue weighted by molar-refractivity contribution is 0.189. The number of pyridine rings is 1. The lowest BCUT2D eigenvalue weighted by Crippen LogP contribution is -2.38. The second-order valence-electron chi connectivity index (χ2n) is 11.6. The van der Waals surface area contributed by atoms with Crippen LogP contribution in [0.25, 0.3) is 22.0 Å². The summed E-state index contributed by atoms with van der Waals surface area (Å²) in [5.41, 5.74) is 9.13. The maximum absolute atomic E-state index is 13.9. The third-order valence-corrected chi connectivity index (χ3v) is 8.84. The molecule has 3 aromatic carbocycles. The number of hydrogen-bond acceptors (Lipinski definition) is 3. The molecule has 0 spiro atoms. The van der Waals surface area contributed by atoms with Gasteiger partial charge in [-0.25, -0.2) is 4.39 Å². The molecule has 0 N–H and O–H groups in total. The first-order chi connectivity index (χ1) is 20.4. The number of benzene rings is 3. The van der Waals surface area contributed by atoms with Gasteiger partial charge in [0.1, 0.15) is 5.82 Å². The average Bonchev–Trinajstić information content (AvgIpc) is 3.34. The van der Waals surface area contributed by atoms with Gasteiger partial charge < -0.3 is 9.47 Å². The van der Waals surface area contributed by atoms with Crippen molar-refractivity contribution in [1.29, 1.82) is 0 Å². The van der Waals surface area contributed by atoms with Gasteiger partial charge in [0, 0.05) is 59.8 Å². The zero-order valence-electron chi connectivity index (χ0n) is 24.8. The maximum Gasteiger partial charge on any atom is 0.123 e. The summed E-state index contributed by atoms with van der Waals surface area (Å²) in [5.74, 6) is 0.205. The molecule has 0 aliphatic carbocycles. The predicted molar refractivity (Wildman–Crippen MR) is 172 cm³/mol. The van der Waals surface area contributed by atoms with Crippen LogP contribution in [0.15, 0.2) is 110 Å². The highest BCUT2D eigenvalue weighted by atomic mass is 19.1. The Morgan fingerprint density at radius 1 is 1.00 bits per heavy atom. The first-order valence-corrected chi connectivity index (χ1v) is 14.9. The van der Waals surface area contributed by atoms with Gasteiger partial charge in [0.25, 0.3) is 0 Å². The second-order valence-corrected chi connectivity index (χ2v) is 11.6. The van der Waals surface area contributed by atoms with Crippen molar-refractivity contribution in [2.24, 2.45) is 13.0 Å². The van der Waals surface area contributed by atoms with E-state index in [9.17, 15) is 4.39 Å². The normalized spacial score (nSPS) is 15.1. The van der Waals surface area contributed by atoms with E-state index in [1.165, 1.54) is 34.1 Å². The van der Waals surface area contributed by atoms with E-state index in [0.29, 0.717) is 5.92 Å². The minimum atomic E-state index is -0.208. The van der Waals surface area contributed by atoms with E-state index in [1.54, 1.807) is 12.1 Å². The van der Waals surface area contributed by atoms with Gasteiger partial charge in [-0.3, -0.25) is 9.88 Å². The molecule has 0 saturated carbocycles. The van der Waals surface area contributed by atoms with Crippen LogP contribution in [0, 0.1) is 18.7 Å². The first kappa shape index (κ1) is 27.9. The molecule has 5 aromatic rings. The van der Waals surface area contributed by atoms with Crippen LogP contribution in [0.1, 0.15) is 42.6 Å². The quantitative estimate of drug-likeness (QED) is 0.190. The Balaban J connectivity index is 1.16. The van der Waals surface area contributed by atoms with Crippen LogP contribution in [0.3, 0.4) is 0 Å². The molecule has 2 aromatic heterocycles. The molecule has 5 heteroatoms. The topological polar surface area (TPSA) is 24.3 Å². The summed E-state index contributed by atoms with van der Waals surface area (Å²) in [4.78, 5) is 9.65. The molecule has 3 heterocycles. The van der Waals surface area contributed by atoms with Crippen LogP contribution in [0.5, 0.6) is 0 Å². The minimum absolute atomic E-state index is 0.0899. The predicted octanol–water partition coefficient (Wildman–Crippen LogP) is 8.68. The monoisotopic (exact) mass is 558 g/mol. The van der Waals surface area contributed by atoms with Crippen molar-refractivity contribution in [3.8, 4) is 11.1 Å². The first-order valence-electron chi connectivity index (χ1n) is 14.9. The summed E-state index contributed by atoms with van der Waals surface area (Å²) in [7, 11) is 2.07. The highest BCUT2D eigenvalue weighted by molar-refractivity contribution is 5.96. The summed E-state index contributed by atoms with van der Waals surface area (Å²) in [5, 5.41) is 1.15. The molecule has 6 rings (SSSR count). The molecule has 1 unspecified atom stereocenters. The van der Waals surface area contributed by atoms with Crippen LogP contribution in [-0.2, 0) is 13.6 Å².